The molecule has 8 heavy (non-hydrogen) atoms. The van der Waals surface area contributed by atoms with Crippen LogP contribution >= 0.6 is 11.8 Å². The third-order valence-corrected chi connectivity index (χ3v) is 1.43. The predicted molar refractivity (Wildman–Crippen MR) is 36.6 cm³/mol. The van der Waals surface area contributed by atoms with E-state index >= 15 is 0 Å². The summed E-state index contributed by atoms with van der Waals surface area (Å²) >= 11 is 1.60. The molecule has 0 amide bonds. The molecule has 3 nitrogen and oxygen atoms in total. The van der Waals surface area contributed by atoms with Crippen molar-refractivity contribution in [3.05, 3.63) is 0 Å². The van der Waals surface area contributed by atoms with Gasteiger partial charge in [0.05, 0.1) is 6.10 Å². The molecule has 0 aliphatic carbocycles. The van der Waals surface area contributed by atoms with Gasteiger partial charge in [0.15, 0.2) is 0 Å². The highest BCUT2D eigenvalue weighted by molar-refractivity contribution is 7.98. The quantitative estimate of drug-likeness (QED) is 0.349. The zero-order chi connectivity index (χ0) is 6.41. The normalized spacial score (nSPS) is 13.9. The van der Waals surface area contributed by atoms with E-state index in [1.807, 2.05) is 6.26 Å². The Bertz CT molecular complexity index is 47.3. The van der Waals surface area contributed by atoms with Crippen molar-refractivity contribution in [3.63, 3.8) is 0 Å². The van der Waals surface area contributed by atoms with Crippen LogP contribution < -0.4 is 11.3 Å². The molecule has 0 fully saturated rings. The Morgan fingerprint density at radius 1 is 1.88 bits per heavy atom. The van der Waals surface area contributed by atoms with Gasteiger partial charge in [-0.05, 0) is 6.26 Å². The molecule has 0 unspecified atom stereocenters. The lowest BCUT2D eigenvalue weighted by Gasteiger charge is -2.05. The second-order valence-electron chi connectivity index (χ2n) is 1.52. The number of nitrogens with one attached hydrogen (secondary N) is 1. The Morgan fingerprint density at radius 3 is 2.88 bits per heavy atom. The van der Waals surface area contributed by atoms with Crippen LogP contribution in [-0.2, 0) is 0 Å². The molecule has 4 N–H and O–H groups in total. The highest BCUT2D eigenvalue weighted by Gasteiger charge is 1.98. The number of hydrogen-bond acceptors (Lipinski definition) is 4. The van der Waals surface area contributed by atoms with Crippen molar-refractivity contribution in [3.8, 4) is 0 Å². The molecule has 0 aliphatic heterocycles. The standard InChI is InChI=1S/C4H12N2OS/c1-8-3-4(7)2-6-5/h4,6-7H,2-3,5H2,1H3/t4-/m0/s1. The molecule has 0 aromatic rings. The fraction of sp³-hybridized carbons (Fsp3) is 1.00. The lowest BCUT2D eigenvalue weighted by molar-refractivity contribution is 0.196. The number of nitrogens with two attached hydrogens (primary N) is 1. The SMILES string of the molecule is CSC[C@@H](O)CNN. The van der Waals surface area contributed by atoms with Gasteiger partial charge in [0.25, 0.3) is 0 Å². The van der Waals surface area contributed by atoms with Crippen LogP contribution in [0.4, 0.5) is 0 Å². The number of thioether (sulfide) groups is 1. The third kappa shape index (κ3) is 4.39. The minimum absolute atomic E-state index is 0.310. The Labute approximate surface area is 53.6 Å². The van der Waals surface area contributed by atoms with Gasteiger partial charge in [-0.1, -0.05) is 0 Å². The average molecular weight is 136 g/mol. The number of hydrazine groups is 1. The van der Waals surface area contributed by atoms with Crippen molar-refractivity contribution in [2.24, 2.45) is 5.84 Å². The zero-order valence-electron chi connectivity index (χ0n) is 4.92. The van der Waals surface area contributed by atoms with Gasteiger partial charge in [-0.2, -0.15) is 11.8 Å². The van der Waals surface area contributed by atoms with Crippen molar-refractivity contribution in [2.75, 3.05) is 18.6 Å². The van der Waals surface area contributed by atoms with Gasteiger partial charge in [-0.15, -0.1) is 0 Å². The maximum atomic E-state index is 8.89. The van der Waals surface area contributed by atoms with Gasteiger partial charge in [-0.25, -0.2) is 0 Å². The average Bonchev–Trinajstić information content (AvgIpc) is 1.68. The van der Waals surface area contributed by atoms with E-state index in [-0.39, 0.29) is 6.10 Å². The van der Waals surface area contributed by atoms with E-state index in [0.29, 0.717) is 6.54 Å². The summed E-state index contributed by atoms with van der Waals surface area (Å²) < 4.78 is 0. The Kier molecular flexibility index (Phi) is 5.52. The van der Waals surface area contributed by atoms with Crippen LogP contribution in [-0.4, -0.2) is 29.8 Å². The fourth-order valence-electron chi connectivity index (χ4n) is 0.387. The molecule has 0 heterocycles. The summed E-state index contributed by atoms with van der Waals surface area (Å²) in [5.74, 6) is 5.68. The fourth-order valence-corrected chi connectivity index (χ4v) is 0.890. The minimum Gasteiger partial charge on any atom is -0.391 e. The van der Waals surface area contributed by atoms with Crippen molar-refractivity contribution < 1.29 is 5.11 Å². The maximum Gasteiger partial charge on any atom is 0.0768 e. The summed E-state index contributed by atoms with van der Waals surface area (Å²) in [5.41, 5.74) is 2.39. The van der Waals surface area contributed by atoms with Crippen LogP contribution in [0.5, 0.6) is 0 Å². The summed E-state index contributed by atoms with van der Waals surface area (Å²) in [4.78, 5) is 0. The van der Waals surface area contributed by atoms with Gasteiger partial charge in [0, 0.05) is 12.3 Å². The first-order valence-corrected chi connectivity index (χ1v) is 3.81. The Hall–Kier alpha value is 0.230. The largest absolute Gasteiger partial charge is 0.391 e. The molecule has 0 rings (SSSR count). The number of rotatable bonds is 4. The lowest BCUT2D eigenvalue weighted by Crippen LogP contribution is -2.33. The van der Waals surface area contributed by atoms with Crippen molar-refractivity contribution in [1.82, 2.24) is 5.43 Å². The highest BCUT2D eigenvalue weighted by atomic mass is 32.2. The molecule has 0 aromatic carbocycles. The van der Waals surface area contributed by atoms with Crippen molar-refractivity contribution in [1.29, 1.82) is 0 Å². The molecule has 4 heteroatoms. The molecule has 0 aromatic heterocycles. The third-order valence-electron chi connectivity index (χ3n) is 0.713. The molecule has 0 spiro atoms. The Morgan fingerprint density at radius 2 is 2.50 bits per heavy atom. The van der Waals surface area contributed by atoms with E-state index in [4.69, 9.17) is 10.9 Å². The Balaban J connectivity index is 2.92. The summed E-state index contributed by atoms with van der Waals surface area (Å²) in [6.45, 7) is 0.473. The molecule has 0 saturated carbocycles. The topological polar surface area (TPSA) is 58.3 Å². The molecule has 1 atom stereocenters. The highest BCUT2D eigenvalue weighted by Crippen LogP contribution is 1.94. The molecule has 0 saturated heterocycles. The summed E-state index contributed by atoms with van der Waals surface area (Å²) in [7, 11) is 0. The number of aliphatic hydroxyl groups excluding tert-OH is 1. The van der Waals surface area contributed by atoms with Gasteiger partial charge in [-0.3, -0.25) is 11.3 Å². The maximum absolute atomic E-state index is 8.89. The van der Waals surface area contributed by atoms with Gasteiger partial charge in [0.2, 0.25) is 0 Å². The molecule has 0 aliphatic rings. The lowest BCUT2D eigenvalue weighted by atomic mass is 10.4. The first-order valence-electron chi connectivity index (χ1n) is 2.41. The van der Waals surface area contributed by atoms with E-state index < -0.39 is 0 Å². The smallest absolute Gasteiger partial charge is 0.0768 e. The van der Waals surface area contributed by atoms with Crippen LogP contribution in [0.1, 0.15) is 0 Å². The summed E-state index contributed by atoms with van der Waals surface area (Å²) in [5, 5.41) is 8.89. The van der Waals surface area contributed by atoms with E-state index in [1.165, 1.54) is 0 Å². The first kappa shape index (κ1) is 8.23. The van der Waals surface area contributed by atoms with E-state index in [9.17, 15) is 0 Å². The molecular weight excluding hydrogens is 124 g/mol. The van der Waals surface area contributed by atoms with E-state index in [2.05, 4.69) is 5.43 Å². The van der Waals surface area contributed by atoms with Crippen LogP contribution in [0, 0.1) is 0 Å². The second kappa shape index (κ2) is 5.37. The van der Waals surface area contributed by atoms with Crippen LogP contribution in [0.3, 0.4) is 0 Å². The summed E-state index contributed by atoms with van der Waals surface area (Å²) in [6.07, 6.45) is 1.63. The molecule has 0 bridgehead atoms. The molecule has 0 radical (unpaired) electrons. The molecular formula is C4H12N2OS. The van der Waals surface area contributed by atoms with E-state index in [0.717, 1.165) is 5.75 Å². The summed E-state index contributed by atoms with van der Waals surface area (Å²) in [6, 6.07) is 0. The monoisotopic (exact) mass is 136 g/mol. The first-order chi connectivity index (χ1) is 3.81. The second-order valence-corrected chi connectivity index (χ2v) is 2.43. The number of aliphatic hydroxyl groups is 1. The van der Waals surface area contributed by atoms with Crippen LogP contribution in [0.25, 0.3) is 0 Å². The number of hydrogen-bond donors (Lipinski definition) is 3. The van der Waals surface area contributed by atoms with E-state index in [1.54, 1.807) is 11.8 Å². The minimum atomic E-state index is -0.310. The predicted octanol–water partition coefficient (Wildman–Crippen LogP) is -0.826. The van der Waals surface area contributed by atoms with Crippen LogP contribution in [0.15, 0.2) is 0 Å². The van der Waals surface area contributed by atoms with Crippen LogP contribution in [0.2, 0.25) is 0 Å². The van der Waals surface area contributed by atoms with Gasteiger partial charge < -0.3 is 5.11 Å². The van der Waals surface area contributed by atoms with Gasteiger partial charge in [0.1, 0.15) is 0 Å². The molecule has 50 valence electrons. The zero-order valence-corrected chi connectivity index (χ0v) is 5.74. The van der Waals surface area contributed by atoms with Crippen molar-refractivity contribution in [2.45, 2.75) is 6.10 Å². The van der Waals surface area contributed by atoms with Crippen molar-refractivity contribution >= 4 is 11.8 Å². The van der Waals surface area contributed by atoms with Gasteiger partial charge >= 0.3 is 0 Å².